The number of hydrogen-bond acceptors (Lipinski definition) is 3. The van der Waals surface area contributed by atoms with Gasteiger partial charge in [0.15, 0.2) is 0 Å². The first kappa shape index (κ1) is 26.2. The van der Waals surface area contributed by atoms with Gasteiger partial charge < -0.3 is 15.1 Å². The lowest BCUT2D eigenvalue weighted by Gasteiger charge is -2.32. The van der Waals surface area contributed by atoms with Crippen molar-refractivity contribution < 1.29 is 14.4 Å². The lowest BCUT2D eigenvalue weighted by molar-refractivity contribution is -0.141. The van der Waals surface area contributed by atoms with Gasteiger partial charge in [-0.3, -0.25) is 14.4 Å². The second-order valence-corrected chi connectivity index (χ2v) is 10.0. The van der Waals surface area contributed by atoms with Gasteiger partial charge in [-0.1, -0.05) is 78.9 Å². The number of likely N-dealkylation sites (N-methyl/N-ethyl adjacent to an activating group) is 1. The number of nitrogens with zero attached hydrogens (tertiary/aromatic N) is 2. The van der Waals surface area contributed by atoms with Crippen LogP contribution in [-0.2, 0) is 22.6 Å². The second-order valence-electron chi connectivity index (χ2n) is 10.0. The molecule has 1 aliphatic heterocycles. The maximum atomic E-state index is 13.8. The molecule has 1 N–H and O–H groups in total. The van der Waals surface area contributed by atoms with Crippen LogP contribution in [0.1, 0.15) is 39.9 Å². The maximum Gasteiger partial charge on any atom is 0.258 e. The van der Waals surface area contributed by atoms with Crippen molar-refractivity contribution in [2.45, 2.75) is 38.8 Å². The minimum absolute atomic E-state index is 0.0293. The van der Waals surface area contributed by atoms with E-state index in [9.17, 15) is 14.4 Å². The van der Waals surface area contributed by atoms with Gasteiger partial charge in [0.2, 0.25) is 11.8 Å². The molecule has 0 spiro atoms. The topological polar surface area (TPSA) is 69.7 Å². The van der Waals surface area contributed by atoms with E-state index < -0.39 is 6.04 Å². The average molecular weight is 520 g/mol. The normalized spacial score (nSPS) is 13.0. The first-order chi connectivity index (χ1) is 19.0. The van der Waals surface area contributed by atoms with Gasteiger partial charge in [0, 0.05) is 43.9 Å². The molecule has 0 unspecified atom stereocenters. The van der Waals surface area contributed by atoms with Gasteiger partial charge in [-0.25, -0.2) is 0 Å². The Balaban J connectivity index is 1.36. The molecule has 0 aliphatic carbocycles. The minimum Gasteiger partial charge on any atom is -0.357 e. The van der Waals surface area contributed by atoms with E-state index in [1.54, 1.807) is 16.8 Å². The Labute approximate surface area is 229 Å². The van der Waals surface area contributed by atoms with E-state index in [-0.39, 0.29) is 24.1 Å². The molecule has 0 saturated carbocycles. The first-order valence-corrected chi connectivity index (χ1v) is 13.4. The van der Waals surface area contributed by atoms with Gasteiger partial charge in [0.1, 0.15) is 6.04 Å². The fourth-order valence-electron chi connectivity index (χ4n) is 5.42. The first-order valence-electron chi connectivity index (χ1n) is 13.4. The van der Waals surface area contributed by atoms with Crippen LogP contribution in [-0.4, -0.2) is 42.3 Å². The summed E-state index contributed by atoms with van der Waals surface area (Å²) in [7, 11) is 1.61. The van der Waals surface area contributed by atoms with E-state index in [1.807, 2.05) is 97.9 Å². The number of hydrogen-bond donors (Lipinski definition) is 1. The van der Waals surface area contributed by atoms with Crippen LogP contribution in [0.3, 0.4) is 0 Å². The van der Waals surface area contributed by atoms with Crippen LogP contribution in [0.5, 0.6) is 0 Å². The smallest absolute Gasteiger partial charge is 0.258 e. The molecule has 39 heavy (non-hydrogen) atoms. The summed E-state index contributed by atoms with van der Waals surface area (Å²) in [5.74, 6) is -0.332. The highest BCUT2D eigenvalue weighted by molar-refractivity contribution is 6.25. The van der Waals surface area contributed by atoms with Crippen LogP contribution >= 0.6 is 0 Å². The van der Waals surface area contributed by atoms with Crippen LogP contribution in [0.2, 0.25) is 0 Å². The second kappa shape index (κ2) is 11.5. The number of nitrogens with one attached hydrogen (secondary N) is 1. The van der Waals surface area contributed by atoms with Crippen LogP contribution in [0, 0.1) is 6.92 Å². The molecule has 0 fully saturated rings. The highest BCUT2D eigenvalue weighted by atomic mass is 16.2. The van der Waals surface area contributed by atoms with Crippen molar-refractivity contribution in [3.63, 3.8) is 0 Å². The number of amides is 3. The van der Waals surface area contributed by atoms with Crippen molar-refractivity contribution in [3.05, 3.63) is 113 Å². The van der Waals surface area contributed by atoms with Crippen molar-refractivity contribution in [2.24, 2.45) is 0 Å². The number of carbonyl (C=O) groups excluding carboxylic acids is 3. The molecule has 0 bridgehead atoms. The number of rotatable bonds is 10. The third-order valence-electron chi connectivity index (χ3n) is 7.54. The molecule has 6 nitrogen and oxygen atoms in total. The van der Waals surface area contributed by atoms with E-state index >= 15 is 0 Å². The maximum absolute atomic E-state index is 13.8. The lowest BCUT2D eigenvalue weighted by Crippen LogP contribution is -2.49. The van der Waals surface area contributed by atoms with E-state index in [1.165, 1.54) is 0 Å². The molecule has 1 heterocycles. The Morgan fingerprint density at radius 3 is 2.36 bits per heavy atom. The predicted molar refractivity (Wildman–Crippen MR) is 155 cm³/mol. The molecule has 4 aromatic rings. The molecular formula is C33H33N3O3. The van der Waals surface area contributed by atoms with Crippen molar-refractivity contribution in [3.8, 4) is 0 Å². The van der Waals surface area contributed by atoms with Crippen LogP contribution < -0.4 is 10.2 Å². The summed E-state index contributed by atoms with van der Waals surface area (Å²) in [5.41, 5.74) is 4.66. The van der Waals surface area contributed by atoms with Crippen molar-refractivity contribution in [1.82, 2.24) is 10.2 Å². The molecule has 6 heteroatoms. The van der Waals surface area contributed by atoms with E-state index in [0.29, 0.717) is 31.5 Å². The molecule has 5 rings (SSSR count). The minimum atomic E-state index is -0.657. The number of anilines is 1. The van der Waals surface area contributed by atoms with E-state index in [4.69, 9.17) is 0 Å². The Kier molecular flexibility index (Phi) is 7.73. The largest absolute Gasteiger partial charge is 0.357 e. The number of aryl methyl sites for hydroxylation is 1. The molecule has 4 aromatic carbocycles. The molecule has 1 atom stereocenters. The molecule has 0 aromatic heterocycles. The Morgan fingerprint density at radius 2 is 1.62 bits per heavy atom. The van der Waals surface area contributed by atoms with Gasteiger partial charge >= 0.3 is 0 Å². The predicted octanol–water partition coefficient (Wildman–Crippen LogP) is 5.27. The summed E-state index contributed by atoms with van der Waals surface area (Å²) >= 11 is 0. The molecule has 1 aliphatic rings. The van der Waals surface area contributed by atoms with Gasteiger partial charge in [-0.2, -0.15) is 0 Å². The third-order valence-corrected chi connectivity index (χ3v) is 7.54. The van der Waals surface area contributed by atoms with Crippen LogP contribution in [0.25, 0.3) is 10.8 Å². The van der Waals surface area contributed by atoms with Gasteiger partial charge in [0.25, 0.3) is 5.91 Å². The lowest BCUT2D eigenvalue weighted by atomic mass is 10.0. The molecule has 0 saturated heterocycles. The zero-order valence-corrected chi connectivity index (χ0v) is 22.4. The van der Waals surface area contributed by atoms with Crippen molar-refractivity contribution >= 4 is 34.2 Å². The molecule has 0 radical (unpaired) electrons. The molecule has 198 valence electrons. The average Bonchev–Trinajstić information content (AvgIpc) is 3.24. The summed E-state index contributed by atoms with van der Waals surface area (Å²) in [6.07, 6.45) is 1.13. The fraction of sp³-hybridized carbons (Fsp3) is 0.242. The summed E-state index contributed by atoms with van der Waals surface area (Å²) in [6.45, 7) is 2.78. The van der Waals surface area contributed by atoms with Gasteiger partial charge in [-0.05, 0) is 47.6 Å². The van der Waals surface area contributed by atoms with Crippen LogP contribution in [0.15, 0.2) is 91.0 Å². The quantitative estimate of drug-likeness (QED) is 0.310. The van der Waals surface area contributed by atoms with Crippen molar-refractivity contribution in [1.29, 1.82) is 0 Å². The Morgan fingerprint density at radius 1 is 0.897 bits per heavy atom. The SMILES string of the molecule is CNC(=O)[C@H](Cc1ccccc1)N(Cc1ccccc1C)C(=O)CCCN1C(=O)c2cccc3cccc1c23. The summed E-state index contributed by atoms with van der Waals surface area (Å²) in [5, 5.41) is 4.77. The molecule has 3 amide bonds. The highest BCUT2D eigenvalue weighted by Gasteiger charge is 2.32. The number of carbonyl (C=O) groups is 3. The fourth-order valence-corrected chi connectivity index (χ4v) is 5.42. The zero-order valence-electron chi connectivity index (χ0n) is 22.4. The highest BCUT2D eigenvalue weighted by Crippen LogP contribution is 2.37. The third kappa shape index (κ3) is 5.41. The molecular weight excluding hydrogens is 486 g/mol. The summed E-state index contributed by atoms with van der Waals surface area (Å²) < 4.78 is 0. The zero-order chi connectivity index (χ0) is 27.4. The number of benzene rings is 4. The van der Waals surface area contributed by atoms with E-state index in [2.05, 4.69) is 5.32 Å². The Bertz CT molecular complexity index is 1510. The monoisotopic (exact) mass is 519 g/mol. The summed E-state index contributed by atoms with van der Waals surface area (Å²) in [4.78, 5) is 43.6. The van der Waals surface area contributed by atoms with Gasteiger partial charge in [-0.15, -0.1) is 0 Å². The Hall–Kier alpha value is -4.45. The van der Waals surface area contributed by atoms with Gasteiger partial charge in [0.05, 0.1) is 5.69 Å². The summed E-state index contributed by atoms with van der Waals surface area (Å²) in [6, 6.07) is 28.8. The standard InChI is InChI=1S/C33H33N3O3/c1-23-11-6-7-14-26(23)22-36(29(32(38)34-2)21-24-12-4-3-5-13-24)30(37)19-10-20-35-28-18-9-16-25-15-8-17-27(31(25)28)33(35)39/h3-9,11-18,29H,10,19-22H2,1-2H3,(H,34,38)/t29-/m0/s1. The van der Waals surface area contributed by atoms with E-state index in [0.717, 1.165) is 33.2 Å². The van der Waals surface area contributed by atoms with Crippen LogP contribution in [0.4, 0.5) is 5.69 Å². The van der Waals surface area contributed by atoms with Crippen molar-refractivity contribution in [2.75, 3.05) is 18.5 Å².